The number of carbonyl (C=O) groups is 1. The molecule has 0 saturated carbocycles. The molecule has 3 aromatic rings. The molecule has 0 atom stereocenters. The summed E-state index contributed by atoms with van der Waals surface area (Å²) in [6, 6.07) is 7.70. The smallest absolute Gasteiger partial charge is 0.238 e. The fourth-order valence-corrected chi connectivity index (χ4v) is 4.00. The van der Waals surface area contributed by atoms with Crippen molar-refractivity contribution >= 4 is 27.5 Å². The SMILES string of the molecule is Cc1cc(Br)cc2c1N(C(=O)CCc1nc(-c3ccco3)no1)CCC2. The number of fused-ring (bicyclic) bond motifs is 1. The summed E-state index contributed by atoms with van der Waals surface area (Å²) >= 11 is 3.54. The molecule has 1 amide bonds. The van der Waals surface area contributed by atoms with Gasteiger partial charge in [-0.2, -0.15) is 4.98 Å². The van der Waals surface area contributed by atoms with Gasteiger partial charge < -0.3 is 13.8 Å². The highest BCUT2D eigenvalue weighted by molar-refractivity contribution is 9.10. The summed E-state index contributed by atoms with van der Waals surface area (Å²) in [5, 5.41) is 3.90. The van der Waals surface area contributed by atoms with E-state index in [1.54, 1.807) is 18.4 Å². The van der Waals surface area contributed by atoms with Crippen LogP contribution < -0.4 is 4.90 Å². The van der Waals surface area contributed by atoms with Gasteiger partial charge in [-0.25, -0.2) is 0 Å². The second-order valence-electron chi connectivity index (χ2n) is 6.37. The lowest BCUT2D eigenvalue weighted by atomic mass is 9.98. The number of anilines is 1. The van der Waals surface area contributed by atoms with Crippen LogP contribution in [0, 0.1) is 6.92 Å². The van der Waals surface area contributed by atoms with Gasteiger partial charge in [-0.3, -0.25) is 4.79 Å². The number of benzene rings is 1. The quantitative estimate of drug-likeness (QED) is 0.634. The highest BCUT2D eigenvalue weighted by Gasteiger charge is 2.25. The summed E-state index contributed by atoms with van der Waals surface area (Å²) < 4.78 is 11.5. The van der Waals surface area contributed by atoms with E-state index in [-0.39, 0.29) is 5.91 Å². The predicted octanol–water partition coefficient (Wildman–Crippen LogP) is 4.31. The van der Waals surface area contributed by atoms with Crippen molar-refractivity contribution in [3.63, 3.8) is 0 Å². The summed E-state index contributed by atoms with van der Waals surface area (Å²) in [5.41, 5.74) is 3.38. The number of nitrogens with zero attached hydrogens (tertiary/aromatic N) is 3. The molecule has 7 heteroatoms. The number of carbonyl (C=O) groups excluding carboxylic acids is 1. The minimum atomic E-state index is 0.0779. The third-order valence-corrected chi connectivity index (χ3v) is 4.96. The van der Waals surface area contributed by atoms with Gasteiger partial charge in [0, 0.05) is 29.5 Å². The molecule has 6 nitrogen and oxygen atoms in total. The summed E-state index contributed by atoms with van der Waals surface area (Å²) in [5.74, 6) is 1.47. The lowest BCUT2D eigenvalue weighted by molar-refractivity contribution is -0.118. The molecular formula is C19H18BrN3O3. The van der Waals surface area contributed by atoms with Gasteiger partial charge in [0.25, 0.3) is 0 Å². The van der Waals surface area contributed by atoms with Crippen LogP contribution in [0.25, 0.3) is 11.6 Å². The van der Waals surface area contributed by atoms with Crippen molar-refractivity contribution in [3.8, 4) is 11.6 Å². The number of aryl methyl sites for hydroxylation is 3. The molecule has 2 aromatic heterocycles. The van der Waals surface area contributed by atoms with E-state index >= 15 is 0 Å². The Hall–Kier alpha value is -2.41. The molecule has 26 heavy (non-hydrogen) atoms. The summed E-state index contributed by atoms with van der Waals surface area (Å²) in [6.07, 6.45) is 4.26. The Balaban J connectivity index is 1.47. The van der Waals surface area contributed by atoms with Crippen LogP contribution in [0.3, 0.4) is 0 Å². The van der Waals surface area contributed by atoms with Gasteiger partial charge in [0.1, 0.15) is 0 Å². The van der Waals surface area contributed by atoms with Crippen LogP contribution in [0.5, 0.6) is 0 Å². The molecule has 134 valence electrons. The molecule has 0 bridgehead atoms. The first-order valence-corrected chi connectivity index (χ1v) is 9.37. The topological polar surface area (TPSA) is 72.4 Å². The average Bonchev–Trinajstić information content (AvgIpc) is 3.30. The van der Waals surface area contributed by atoms with E-state index in [1.807, 2.05) is 11.8 Å². The van der Waals surface area contributed by atoms with Crippen LogP contribution in [0.1, 0.15) is 29.9 Å². The van der Waals surface area contributed by atoms with E-state index < -0.39 is 0 Å². The number of rotatable bonds is 4. The van der Waals surface area contributed by atoms with Crippen LogP contribution in [0.4, 0.5) is 5.69 Å². The second-order valence-corrected chi connectivity index (χ2v) is 7.28. The van der Waals surface area contributed by atoms with Crippen LogP contribution in [0.2, 0.25) is 0 Å². The monoisotopic (exact) mass is 415 g/mol. The average molecular weight is 416 g/mol. The third-order valence-electron chi connectivity index (χ3n) is 4.51. The van der Waals surface area contributed by atoms with Crippen molar-refractivity contribution in [2.45, 2.75) is 32.6 Å². The maximum Gasteiger partial charge on any atom is 0.238 e. The molecule has 0 N–H and O–H groups in total. The summed E-state index contributed by atoms with van der Waals surface area (Å²) in [7, 11) is 0. The van der Waals surface area contributed by atoms with Crippen LogP contribution in [-0.2, 0) is 17.6 Å². The Morgan fingerprint density at radius 3 is 3.08 bits per heavy atom. The Bertz CT molecular complexity index is 934. The maximum absolute atomic E-state index is 12.8. The van der Waals surface area contributed by atoms with E-state index in [4.69, 9.17) is 8.94 Å². The van der Waals surface area contributed by atoms with Gasteiger partial charge in [0.2, 0.25) is 17.6 Å². The number of amides is 1. The minimum absolute atomic E-state index is 0.0779. The van der Waals surface area contributed by atoms with Crippen LogP contribution in [-0.4, -0.2) is 22.6 Å². The van der Waals surface area contributed by atoms with E-state index in [1.165, 1.54) is 5.56 Å². The predicted molar refractivity (Wildman–Crippen MR) is 99.9 cm³/mol. The highest BCUT2D eigenvalue weighted by atomic mass is 79.9. The van der Waals surface area contributed by atoms with Crippen LogP contribution in [0.15, 0.2) is 43.9 Å². The van der Waals surface area contributed by atoms with Gasteiger partial charge in [-0.15, -0.1) is 0 Å². The summed E-state index contributed by atoms with van der Waals surface area (Å²) in [4.78, 5) is 19.0. The maximum atomic E-state index is 12.8. The molecule has 4 rings (SSSR count). The first-order valence-electron chi connectivity index (χ1n) is 8.57. The van der Waals surface area contributed by atoms with E-state index in [9.17, 15) is 4.79 Å². The lowest BCUT2D eigenvalue weighted by Gasteiger charge is -2.31. The number of halogens is 1. The Morgan fingerprint density at radius 2 is 2.27 bits per heavy atom. The molecule has 0 radical (unpaired) electrons. The number of hydrogen-bond donors (Lipinski definition) is 0. The van der Waals surface area contributed by atoms with Crippen molar-refractivity contribution < 1.29 is 13.7 Å². The molecular weight excluding hydrogens is 398 g/mol. The number of furan rings is 1. The zero-order valence-electron chi connectivity index (χ0n) is 14.4. The Morgan fingerprint density at radius 1 is 1.38 bits per heavy atom. The third kappa shape index (κ3) is 3.31. The fourth-order valence-electron chi connectivity index (χ4n) is 3.38. The van der Waals surface area contributed by atoms with E-state index in [2.05, 4.69) is 38.2 Å². The molecule has 0 saturated heterocycles. The van der Waals surface area contributed by atoms with E-state index in [0.717, 1.165) is 35.1 Å². The van der Waals surface area contributed by atoms with Gasteiger partial charge in [0.05, 0.1) is 6.26 Å². The Kier molecular flexibility index (Phi) is 4.63. The molecule has 0 aliphatic carbocycles. The zero-order chi connectivity index (χ0) is 18.1. The van der Waals surface area contributed by atoms with Gasteiger partial charge in [-0.1, -0.05) is 21.1 Å². The fraction of sp³-hybridized carbons (Fsp3) is 0.316. The molecule has 1 aromatic carbocycles. The minimum Gasteiger partial charge on any atom is -0.461 e. The zero-order valence-corrected chi connectivity index (χ0v) is 16.0. The van der Waals surface area contributed by atoms with Crippen molar-refractivity contribution in [1.82, 2.24) is 10.1 Å². The normalized spacial score (nSPS) is 13.7. The highest BCUT2D eigenvalue weighted by Crippen LogP contribution is 2.34. The largest absolute Gasteiger partial charge is 0.461 e. The first kappa shape index (κ1) is 17.0. The second kappa shape index (κ2) is 7.07. The standard InChI is InChI=1S/C19H18BrN3O3/c1-12-10-14(20)11-13-4-2-8-23(18(12)13)17(24)7-6-16-21-19(22-26-16)15-5-3-9-25-15/h3,5,9-11H,2,4,6-8H2,1H3. The van der Waals surface area contributed by atoms with Crippen LogP contribution >= 0.6 is 15.9 Å². The molecule has 3 heterocycles. The van der Waals surface area contributed by atoms with Crippen molar-refractivity contribution in [3.05, 3.63) is 52.0 Å². The van der Waals surface area contributed by atoms with Crippen molar-refractivity contribution in [1.29, 1.82) is 0 Å². The lowest BCUT2D eigenvalue weighted by Crippen LogP contribution is -2.36. The number of hydrogen-bond acceptors (Lipinski definition) is 5. The van der Waals surface area contributed by atoms with Gasteiger partial charge >= 0.3 is 0 Å². The molecule has 1 aliphatic rings. The van der Waals surface area contributed by atoms with Gasteiger partial charge in [-0.05, 0) is 55.2 Å². The number of aromatic nitrogens is 2. The van der Waals surface area contributed by atoms with Crippen molar-refractivity contribution in [2.75, 3.05) is 11.4 Å². The summed E-state index contributed by atoms with van der Waals surface area (Å²) in [6.45, 7) is 2.79. The van der Waals surface area contributed by atoms with E-state index in [0.29, 0.717) is 30.3 Å². The molecule has 0 fully saturated rings. The van der Waals surface area contributed by atoms with Gasteiger partial charge in [0.15, 0.2) is 5.76 Å². The molecule has 0 unspecified atom stereocenters. The molecule has 0 spiro atoms. The Labute approximate surface area is 159 Å². The first-order chi connectivity index (χ1) is 12.6. The molecule has 1 aliphatic heterocycles. The van der Waals surface area contributed by atoms with Crippen molar-refractivity contribution in [2.24, 2.45) is 0 Å².